The van der Waals surface area contributed by atoms with Crippen LogP contribution in [0.5, 0.6) is 5.75 Å². The first kappa shape index (κ1) is 18.1. The molecule has 1 aliphatic rings. The van der Waals surface area contributed by atoms with E-state index in [4.69, 9.17) is 22.1 Å². The van der Waals surface area contributed by atoms with E-state index in [-0.39, 0.29) is 0 Å². The van der Waals surface area contributed by atoms with Crippen molar-refractivity contribution >= 4 is 23.5 Å². The van der Waals surface area contributed by atoms with E-state index < -0.39 is 11.9 Å². The predicted octanol–water partition coefficient (Wildman–Crippen LogP) is 3.38. The minimum Gasteiger partial charge on any atom is -0.497 e. The lowest BCUT2D eigenvalue weighted by Crippen LogP contribution is -2.31. The molecule has 0 fully saturated rings. The fraction of sp³-hybridized carbons (Fsp3) is 0.150. The van der Waals surface area contributed by atoms with Crippen molar-refractivity contribution in [3.05, 3.63) is 70.4 Å². The van der Waals surface area contributed by atoms with Gasteiger partial charge in [0.1, 0.15) is 11.8 Å². The maximum Gasteiger partial charge on any atom is 0.248 e. The number of primary amides is 1. The number of benzene rings is 2. The number of nitrogens with two attached hydrogens (primary N) is 1. The number of hydrogen-bond donors (Lipinski definition) is 2. The molecular formula is C20H18ClN5O2. The number of ether oxygens (including phenoxy) is 1. The smallest absolute Gasteiger partial charge is 0.248 e. The summed E-state index contributed by atoms with van der Waals surface area (Å²) in [6.45, 7) is 1.80. The Labute approximate surface area is 166 Å². The monoisotopic (exact) mass is 395 g/mol. The summed E-state index contributed by atoms with van der Waals surface area (Å²) in [5, 5.41) is 8.39. The number of rotatable bonds is 4. The number of halogens is 1. The summed E-state index contributed by atoms with van der Waals surface area (Å²) in [5.74, 6) is 1.23. The molecule has 1 amide bonds. The van der Waals surface area contributed by atoms with Crippen LogP contribution in [-0.2, 0) is 4.79 Å². The number of aromatic nitrogens is 3. The van der Waals surface area contributed by atoms with Crippen LogP contribution in [0.2, 0.25) is 5.02 Å². The first-order valence-corrected chi connectivity index (χ1v) is 8.99. The second-order valence-corrected chi connectivity index (χ2v) is 6.85. The highest BCUT2D eigenvalue weighted by Crippen LogP contribution is 2.36. The Kier molecular flexibility index (Phi) is 4.52. The molecule has 0 saturated heterocycles. The van der Waals surface area contributed by atoms with Crippen molar-refractivity contribution in [3.8, 4) is 17.1 Å². The van der Waals surface area contributed by atoms with Gasteiger partial charge in [0.2, 0.25) is 11.9 Å². The summed E-state index contributed by atoms with van der Waals surface area (Å²) in [6, 6.07) is 14.2. The third-order valence-electron chi connectivity index (χ3n) is 4.63. The van der Waals surface area contributed by atoms with Crippen LogP contribution >= 0.6 is 11.6 Å². The van der Waals surface area contributed by atoms with E-state index in [9.17, 15) is 4.79 Å². The largest absolute Gasteiger partial charge is 0.497 e. The summed E-state index contributed by atoms with van der Waals surface area (Å²) in [6.07, 6.45) is 0. The molecule has 3 aromatic rings. The van der Waals surface area contributed by atoms with Gasteiger partial charge in [-0.15, -0.1) is 5.10 Å². The van der Waals surface area contributed by atoms with Gasteiger partial charge in [-0.1, -0.05) is 35.9 Å². The molecule has 2 aromatic carbocycles. The highest BCUT2D eigenvalue weighted by molar-refractivity contribution is 6.30. The molecule has 0 aliphatic carbocycles. The van der Waals surface area contributed by atoms with Gasteiger partial charge in [-0.05, 0) is 36.8 Å². The molecular weight excluding hydrogens is 378 g/mol. The molecule has 1 aromatic heterocycles. The number of allylic oxidation sites excluding steroid dienone is 1. The van der Waals surface area contributed by atoms with Crippen LogP contribution in [0.1, 0.15) is 18.5 Å². The topological polar surface area (TPSA) is 95.1 Å². The number of fused-ring (bicyclic) bond motifs is 1. The number of amides is 1. The van der Waals surface area contributed by atoms with Gasteiger partial charge in [0, 0.05) is 16.3 Å². The van der Waals surface area contributed by atoms with Crippen molar-refractivity contribution in [3.63, 3.8) is 0 Å². The molecule has 3 N–H and O–H groups in total. The van der Waals surface area contributed by atoms with E-state index in [1.807, 2.05) is 36.4 Å². The molecule has 2 heterocycles. The van der Waals surface area contributed by atoms with Gasteiger partial charge in [-0.25, -0.2) is 4.68 Å². The van der Waals surface area contributed by atoms with Gasteiger partial charge in [-0.2, -0.15) is 4.98 Å². The highest BCUT2D eigenvalue weighted by atomic mass is 35.5. The molecule has 4 rings (SSSR count). The fourth-order valence-electron chi connectivity index (χ4n) is 3.31. The predicted molar refractivity (Wildman–Crippen MR) is 107 cm³/mol. The second kappa shape index (κ2) is 7.01. The van der Waals surface area contributed by atoms with Gasteiger partial charge in [0.15, 0.2) is 5.82 Å². The first-order chi connectivity index (χ1) is 13.5. The minimum absolute atomic E-state index is 0.428. The molecule has 142 valence electrons. The fourth-order valence-corrected chi connectivity index (χ4v) is 3.43. The van der Waals surface area contributed by atoms with Crippen molar-refractivity contribution in [1.29, 1.82) is 0 Å². The third kappa shape index (κ3) is 3.10. The van der Waals surface area contributed by atoms with Gasteiger partial charge in [0.25, 0.3) is 0 Å². The van der Waals surface area contributed by atoms with E-state index >= 15 is 0 Å². The molecule has 1 atom stereocenters. The number of hydrogen-bond acceptors (Lipinski definition) is 5. The molecule has 0 spiro atoms. The van der Waals surface area contributed by atoms with Crippen molar-refractivity contribution in [2.45, 2.75) is 13.0 Å². The number of carbonyl (C=O) groups excluding carboxylic acids is 1. The summed E-state index contributed by atoms with van der Waals surface area (Å²) in [4.78, 5) is 16.8. The molecule has 1 aliphatic heterocycles. The maximum atomic E-state index is 12.2. The Balaban J connectivity index is 1.86. The van der Waals surface area contributed by atoms with E-state index in [1.54, 1.807) is 30.8 Å². The Bertz CT molecular complexity index is 1090. The SMILES string of the molecule is COc1cccc(-c2nc3n(n2)[C@H](c2ccc(Cl)cc2)C(C(N)=O)=C(C)N3)c1. The van der Waals surface area contributed by atoms with Crippen LogP contribution in [0, 0.1) is 0 Å². The summed E-state index contributed by atoms with van der Waals surface area (Å²) in [5.41, 5.74) is 8.40. The summed E-state index contributed by atoms with van der Waals surface area (Å²) < 4.78 is 6.96. The van der Waals surface area contributed by atoms with Crippen LogP contribution in [0.25, 0.3) is 11.4 Å². The van der Waals surface area contributed by atoms with Crippen LogP contribution < -0.4 is 15.8 Å². The molecule has 0 saturated carbocycles. The average molecular weight is 396 g/mol. The number of carbonyl (C=O) groups is 1. The molecule has 0 unspecified atom stereocenters. The van der Waals surface area contributed by atoms with Crippen molar-refractivity contribution in [2.24, 2.45) is 5.73 Å². The summed E-state index contributed by atoms with van der Waals surface area (Å²) >= 11 is 6.03. The summed E-state index contributed by atoms with van der Waals surface area (Å²) in [7, 11) is 1.61. The Morgan fingerprint density at radius 1 is 1.25 bits per heavy atom. The van der Waals surface area contributed by atoms with Crippen LogP contribution in [0.4, 0.5) is 5.95 Å². The molecule has 0 bridgehead atoms. The average Bonchev–Trinajstić information content (AvgIpc) is 3.11. The maximum absolute atomic E-state index is 12.2. The number of anilines is 1. The lowest BCUT2D eigenvalue weighted by atomic mass is 9.95. The van der Waals surface area contributed by atoms with Crippen LogP contribution in [-0.4, -0.2) is 27.8 Å². The van der Waals surface area contributed by atoms with Crippen molar-refractivity contribution in [2.75, 3.05) is 12.4 Å². The van der Waals surface area contributed by atoms with Gasteiger partial charge in [0.05, 0.1) is 12.7 Å². The minimum atomic E-state index is -0.519. The lowest BCUT2D eigenvalue weighted by molar-refractivity contribution is -0.115. The van der Waals surface area contributed by atoms with Crippen molar-refractivity contribution in [1.82, 2.24) is 14.8 Å². The van der Waals surface area contributed by atoms with E-state index in [2.05, 4.69) is 15.4 Å². The molecule has 7 nitrogen and oxygen atoms in total. The Morgan fingerprint density at radius 3 is 2.68 bits per heavy atom. The zero-order valence-electron chi connectivity index (χ0n) is 15.3. The van der Waals surface area contributed by atoms with Gasteiger partial charge in [-0.3, -0.25) is 4.79 Å². The lowest BCUT2D eigenvalue weighted by Gasteiger charge is -2.27. The van der Waals surface area contributed by atoms with Gasteiger partial charge < -0.3 is 15.8 Å². The Hall–Kier alpha value is -3.32. The zero-order chi connectivity index (χ0) is 19.8. The second-order valence-electron chi connectivity index (χ2n) is 6.42. The number of nitrogens with one attached hydrogen (secondary N) is 1. The Morgan fingerprint density at radius 2 is 2.00 bits per heavy atom. The van der Waals surface area contributed by atoms with E-state index in [1.165, 1.54) is 0 Å². The van der Waals surface area contributed by atoms with E-state index in [0.29, 0.717) is 33.8 Å². The number of nitrogens with zero attached hydrogens (tertiary/aromatic N) is 3. The highest BCUT2D eigenvalue weighted by Gasteiger charge is 2.33. The quantitative estimate of drug-likeness (QED) is 0.706. The van der Waals surface area contributed by atoms with Crippen LogP contribution in [0.15, 0.2) is 59.8 Å². The molecule has 8 heteroatoms. The third-order valence-corrected chi connectivity index (χ3v) is 4.88. The van der Waals surface area contributed by atoms with E-state index in [0.717, 1.165) is 11.1 Å². The normalized spacial score (nSPS) is 15.8. The van der Waals surface area contributed by atoms with Gasteiger partial charge >= 0.3 is 0 Å². The number of methoxy groups -OCH3 is 1. The van der Waals surface area contributed by atoms with Crippen molar-refractivity contribution < 1.29 is 9.53 Å². The zero-order valence-corrected chi connectivity index (χ0v) is 16.1. The first-order valence-electron chi connectivity index (χ1n) is 8.62. The standard InChI is InChI=1S/C20H18ClN5O2/c1-11-16(18(22)27)17(12-6-8-14(21)9-7-12)26-20(23-11)24-19(25-26)13-4-3-5-15(10-13)28-2/h3-10,17H,1-2H3,(H2,22,27)(H,23,24,25)/t17-/m1/s1. The molecule has 0 radical (unpaired) electrons. The van der Waals surface area contributed by atoms with Crippen LogP contribution in [0.3, 0.4) is 0 Å². The molecule has 28 heavy (non-hydrogen) atoms.